The Morgan fingerprint density at radius 1 is 1.10 bits per heavy atom. The molecule has 1 aliphatic rings. The molecule has 1 aliphatic heterocycles. The van der Waals surface area contributed by atoms with Gasteiger partial charge in [-0.15, -0.1) is 0 Å². The fourth-order valence-electron chi connectivity index (χ4n) is 4.27. The van der Waals surface area contributed by atoms with Crippen LogP contribution in [0.1, 0.15) is 17.0 Å². The summed E-state index contributed by atoms with van der Waals surface area (Å²) in [6, 6.07) is 13.4. The lowest BCUT2D eigenvalue weighted by atomic mass is 9.88. The van der Waals surface area contributed by atoms with Crippen molar-refractivity contribution >= 4 is 5.91 Å². The number of halogens is 2. The quantitative estimate of drug-likeness (QED) is 0.578. The highest BCUT2D eigenvalue weighted by atomic mass is 19.1. The molecule has 0 radical (unpaired) electrons. The molecule has 0 unspecified atom stereocenters. The van der Waals surface area contributed by atoms with Crippen molar-refractivity contribution in [1.29, 1.82) is 0 Å². The maximum atomic E-state index is 14.2. The van der Waals surface area contributed by atoms with Gasteiger partial charge in [0.1, 0.15) is 18.2 Å². The van der Waals surface area contributed by atoms with Crippen molar-refractivity contribution in [1.82, 2.24) is 9.80 Å². The maximum Gasteiger partial charge on any atom is 0.248 e. The van der Waals surface area contributed by atoms with Crippen LogP contribution in [0.4, 0.5) is 8.78 Å². The van der Waals surface area contributed by atoms with E-state index in [1.165, 1.54) is 19.2 Å². The first-order valence-corrected chi connectivity index (χ1v) is 10.5. The molecule has 0 aliphatic carbocycles. The zero-order valence-electron chi connectivity index (χ0n) is 18.1. The Kier molecular flexibility index (Phi) is 8.51. The zero-order chi connectivity index (χ0) is 22.2. The van der Waals surface area contributed by atoms with E-state index in [0.717, 1.165) is 5.56 Å². The largest absolute Gasteiger partial charge is 0.383 e. The van der Waals surface area contributed by atoms with Gasteiger partial charge in [-0.2, -0.15) is 0 Å². The molecule has 0 bridgehead atoms. The topological polar surface area (TPSA) is 42.0 Å². The minimum absolute atomic E-state index is 0.00000690. The lowest BCUT2D eigenvalue weighted by Crippen LogP contribution is -2.41. The fourth-order valence-corrected chi connectivity index (χ4v) is 4.27. The molecule has 5 nitrogen and oxygen atoms in total. The smallest absolute Gasteiger partial charge is 0.248 e. The Labute approximate surface area is 182 Å². The van der Waals surface area contributed by atoms with E-state index in [1.807, 2.05) is 12.1 Å². The Morgan fingerprint density at radius 3 is 2.61 bits per heavy atom. The monoisotopic (exact) mass is 432 g/mol. The number of methoxy groups -OCH3 is 2. The second-order valence-corrected chi connectivity index (χ2v) is 7.97. The Morgan fingerprint density at radius 2 is 1.90 bits per heavy atom. The predicted octanol–water partition coefficient (Wildman–Crippen LogP) is 3.30. The Bertz CT molecular complexity index is 864. The summed E-state index contributed by atoms with van der Waals surface area (Å²) in [5.41, 5.74) is 1.53. The maximum absolute atomic E-state index is 14.2. The molecule has 7 heteroatoms. The van der Waals surface area contributed by atoms with E-state index >= 15 is 0 Å². The number of likely N-dealkylation sites (tertiary alicyclic amines) is 1. The summed E-state index contributed by atoms with van der Waals surface area (Å²) >= 11 is 0. The zero-order valence-corrected chi connectivity index (χ0v) is 18.1. The summed E-state index contributed by atoms with van der Waals surface area (Å²) in [6.45, 7) is 3.20. The van der Waals surface area contributed by atoms with E-state index in [9.17, 15) is 13.6 Å². The van der Waals surface area contributed by atoms with Crippen LogP contribution in [0.5, 0.6) is 0 Å². The normalized spacial score (nSPS) is 19.0. The third-order valence-electron chi connectivity index (χ3n) is 5.79. The van der Waals surface area contributed by atoms with Crippen molar-refractivity contribution in [3.8, 4) is 0 Å². The van der Waals surface area contributed by atoms with Gasteiger partial charge in [-0.3, -0.25) is 9.69 Å². The molecule has 2 aromatic carbocycles. The number of carbonyl (C=O) groups excluding carboxylic acids is 1. The average Bonchev–Trinajstić information content (AvgIpc) is 3.15. The van der Waals surface area contributed by atoms with Crippen LogP contribution in [0.2, 0.25) is 0 Å². The van der Waals surface area contributed by atoms with Crippen molar-refractivity contribution in [3.05, 3.63) is 71.3 Å². The van der Waals surface area contributed by atoms with E-state index < -0.39 is 0 Å². The molecule has 1 fully saturated rings. The summed E-state index contributed by atoms with van der Waals surface area (Å²) in [7, 11) is 3.09. The van der Waals surface area contributed by atoms with E-state index in [2.05, 4.69) is 4.90 Å². The summed E-state index contributed by atoms with van der Waals surface area (Å²) in [6.07, 6.45) is 0. The second-order valence-electron chi connectivity index (χ2n) is 7.97. The second kappa shape index (κ2) is 11.3. The summed E-state index contributed by atoms with van der Waals surface area (Å²) < 4.78 is 38.3. The van der Waals surface area contributed by atoms with Crippen LogP contribution >= 0.6 is 0 Å². The van der Waals surface area contributed by atoms with E-state index in [0.29, 0.717) is 44.9 Å². The number of carbonyl (C=O) groups is 1. The van der Waals surface area contributed by atoms with Crippen molar-refractivity contribution in [2.24, 2.45) is 5.92 Å². The van der Waals surface area contributed by atoms with Gasteiger partial charge in [0.25, 0.3) is 0 Å². The third-order valence-corrected chi connectivity index (χ3v) is 5.79. The van der Waals surface area contributed by atoms with Crippen LogP contribution in [0, 0.1) is 17.6 Å². The Balaban J connectivity index is 1.81. The van der Waals surface area contributed by atoms with Gasteiger partial charge in [-0.25, -0.2) is 8.78 Å². The van der Waals surface area contributed by atoms with Gasteiger partial charge in [0, 0.05) is 58.4 Å². The summed E-state index contributed by atoms with van der Waals surface area (Å²) in [4.78, 5) is 16.5. The summed E-state index contributed by atoms with van der Waals surface area (Å²) in [5.74, 6) is -0.514. The van der Waals surface area contributed by atoms with Gasteiger partial charge < -0.3 is 14.4 Å². The number of hydrogen-bond donors (Lipinski definition) is 0. The molecule has 0 spiro atoms. The molecule has 31 heavy (non-hydrogen) atoms. The van der Waals surface area contributed by atoms with Crippen LogP contribution in [0.15, 0.2) is 48.5 Å². The van der Waals surface area contributed by atoms with Gasteiger partial charge in [-0.05, 0) is 29.7 Å². The number of ether oxygens (including phenoxy) is 2. The van der Waals surface area contributed by atoms with Gasteiger partial charge in [0.05, 0.1) is 6.61 Å². The Hall–Kier alpha value is -2.35. The molecule has 1 heterocycles. The molecule has 2 aromatic rings. The molecule has 168 valence electrons. The predicted molar refractivity (Wildman–Crippen MR) is 115 cm³/mol. The van der Waals surface area contributed by atoms with Crippen molar-refractivity contribution in [2.45, 2.75) is 12.5 Å². The lowest BCUT2D eigenvalue weighted by molar-refractivity contribution is -0.136. The van der Waals surface area contributed by atoms with Gasteiger partial charge in [0.2, 0.25) is 5.91 Å². The average molecular weight is 433 g/mol. The van der Waals surface area contributed by atoms with Crippen molar-refractivity contribution in [2.75, 3.05) is 53.6 Å². The molecular weight excluding hydrogens is 402 g/mol. The van der Waals surface area contributed by atoms with Crippen molar-refractivity contribution < 1.29 is 23.0 Å². The van der Waals surface area contributed by atoms with Crippen LogP contribution in [0.3, 0.4) is 0 Å². The number of nitrogens with zero attached hydrogens (tertiary/aromatic N) is 2. The lowest BCUT2D eigenvalue weighted by Gasteiger charge is -2.28. The molecule has 1 saturated heterocycles. The van der Waals surface area contributed by atoms with Crippen LogP contribution in [-0.4, -0.2) is 69.3 Å². The highest BCUT2D eigenvalue weighted by molar-refractivity contribution is 5.77. The first kappa shape index (κ1) is 23.3. The molecule has 0 saturated carbocycles. The first-order chi connectivity index (χ1) is 15.0. The number of hydrogen-bond acceptors (Lipinski definition) is 4. The van der Waals surface area contributed by atoms with Gasteiger partial charge >= 0.3 is 0 Å². The van der Waals surface area contributed by atoms with Gasteiger partial charge in [-0.1, -0.05) is 30.3 Å². The van der Waals surface area contributed by atoms with Crippen LogP contribution < -0.4 is 0 Å². The molecule has 1 amide bonds. The molecule has 0 aromatic heterocycles. The van der Waals surface area contributed by atoms with E-state index in [-0.39, 0.29) is 36.0 Å². The minimum Gasteiger partial charge on any atom is -0.383 e. The molecule has 0 N–H and O–H groups in total. The van der Waals surface area contributed by atoms with Crippen LogP contribution in [0.25, 0.3) is 0 Å². The SMILES string of the molecule is COCCN(C[C@@H]1CN(Cc2ccccc2F)C[C@H]1c1cccc(F)c1)C(=O)COC. The molecular formula is C24H30F2N2O3. The standard InChI is InChI=1S/C24H30F2N2O3/c1-30-11-10-28(24(29)17-31-2)15-20-14-27(13-19-6-3-4-9-23(19)26)16-22(20)18-7-5-8-21(25)12-18/h3-9,12,20,22H,10-11,13-17H2,1-2H3/t20-,22-/m0/s1. The highest BCUT2D eigenvalue weighted by Gasteiger charge is 2.36. The fraction of sp³-hybridized carbons (Fsp3) is 0.458. The van der Waals surface area contributed by atoms with Gasteiger partial charge in [0.15, 0.2) is 0 Å². The molecule has 3 rings (SSSR count). The summed E-state index contributed by atoms with van der Waals surface area (Å²) in [5, 5.41) is 0. The number of benzene rings is 2. The number of rotatable bonds is 10. The number of amides is 1. The van der Waals surface area contributed by atoms with Crippen LogP contribution in [-0.2, 0) is 20.8 Å². The molecule has 2 atom stereocenters. The minimum atomic E-state index is -0.282. The highest BCUT2D eigenvalue weighted by Crippen LogP contribution is 2.34. The van der Waals surface area contributed by atoms with Crippen molar-refractivity contribution in [3.63, 3.8) is 0 Å². The first-order valence-electron chi connectivity index (χ1n) is 10.5. The van der Waals surface area contributed by atoms with E-state index in [1.54, 1.807) is 36.3 Å². The van der Waals surface area contributed by atoms with E-state index in [4.69, 9.17) is 9.47 Å². The third kappa shape index (κ3) is 6.32.